The van der Waals surface area contributed by atoms with Gasteiger partial charge in [-0.05, 0) is 19.1 Å². The van der Waals surface area contributed by atoms with Crippen molar-refractivity contribution in [3.05, 3.63) is 39.9 Å². The molecule has 0 bridgehead atoms. The predicted octanol–water partition coefficient (Wildman–Crippen LogP) is 1.77. The van der Waals surface area contributed by atoms with Crippen LogP contribution in [-0.2, 0) is 11.3 Å². The summed E-state index contributed by atoms with van der Waals surface area (Å²) in [6, 6.07) is 2.45. The van der Waals surface area contributed by atoms with E-state index in [0.29, 0.717) is 12.1 Å². The van der Waals surface area contributed by atoms with Crippen molar-refractivity contribution in [2.45, 2.75) is 19.9 Å². The first kappa shape index (κ1) is 19.7. The van der Waals surface area contributed by atoms with Crippen molar-refractivity contribution < 1.29 is 27.9 Å². The second-order valence-corrected chi connectivity index (χ2v) is 6.40. The fourth-order valence-corrected chi connectivity index (χ4v) is 3.36. The number of carboxylic acids is 1. The Kier molecular flexibility index (Phi) is 5.30. The quantitative estimate of drug-likeness (QED) is 0.850. The van der Waals surface area contributed by atoms with Crippen molar-refractivity contribution >= 4 is 28.5 Å². The van der Waals surface area contributed by atoms with Crippen molar-refractivity contribution in [2.24, 2.45) is 0 Å². The lowest BCUT2D eigenvalue weighted by Gasteiger charge is -2.36. The SMILES string of the molecule is CCn1cc(C(=O)O)c(=O)c2cc(F)c(N3CCN(C(=O)C(F)F)CC3)cc21. The Bertz CT molecular complexity index is 998. The molecule has 7 nitrogen and oxygen atoms in total. The maximum absolute atomic E-state index is 14.7. The number of aromatic carboxylic acids is 1. The topological polar surface area (TPSA) is 82.8 Å². The maximum Gasteiger partial charge on any atom is 0.341 e. The van der Waals surface area contributed by atoms with E-state index < -0.39 is 35.1 Å². The largest absolute Gasteiger partial charge is 0.477 e. The third kappa shape index (κ3) is 3.41. The monoisotopic (exact) mass is 397 g/mol. The molecule has 1 aliphatic heterocycles. The molecule has 2 heterocycles. The van der Waals surface area contributed by atoms with E-state index in [9.17, 15) is 32.7 Å². The Morgan fingerprint density at radius 1 is 1.18 bits per heavy atom. The molecular formula is C18H18F3N3O4. The number of carbonyl (C=O) groups is 2. The Balaban J connectivity index is 1.99. The third-order valence-corrected chi connectivity index (χ3v) is 4.84. The third-order valence-electron chi connectivity index (χ3n) is 4.84. The molecule has 150 valence electrons. The minimum absolute atomic E-state index is 0.0270. The van der Waals surface area contributed by atoms with Crippen LogP contribution in [0.3, 0.4) is 0 Å². The van der Waals surface area contributed by atoms with Gasteiger partial charge in [0.15, 0.2) is 0 Å². The number of benzene rings is 1. The molecule has 1 amide bonds. The number of carbonyl (C=O) groups excluding carboxylic acids is 1. The molecule has 1 aromatic carbocycles. The molecule has 0 aliphatic carbocycles. The van der Waals surface area contributed by atoms with E-state index in [-0.39, 0.29) is 37.3 Å². The first-order chi connectivity index (χ1) is 13.2. The summed E-state index contributed by atoms with van der Waals surface area (Å²) < 4.78 is 41.3. The Morgan fingerprint density at radius 3 is 2.36 bits per heavy atom. The number of hydrogen-bond donors (Lipinski definition) is 1. The summed E-state index contributed by atoms with van der Waals surface area (Å²) in [6.07, 6.45) is -1.86. The van der Waals surface area contributed by atoms with Gasteiger partial charge < -0.3 is 19.5 Å². The molecule has 0 atom stereocenters. The predicted molar refractivity (Wildman–Crippen MR) is 95.6 cm³/mol. The van der Waals surface area contributed by atoms with Crippen molar-refractivity contribution in [2.75, 3.05) is 31.1 Å². The molecule has 0 radical (unpaired) electrons. The molecule has 2 aromatic rings. The van der Waals surface area contributed by atoms with Crippen molar-refractivity contribution in [3.8, 4) is 0 Å². The summed E-state index contributed by atoms with van der Waals surface area (Å²) in [5.41, 5.74) is -0.674. The van der Waals surface area contributed by atoms with Crippen LogP contribution in [0.15, 0.2) is 23.1 Å². The zero-order valence-electron chi connectivity index (χ0n) is 15.0. The van der Waals surface area contributed by atoms with Gasteiger partial charge in [0, 0.05) is 44.3 Å². The second kappa shape index (κ2) is 7.53. The molecular weight excluding hydrogens is 379 g/mol. The van der Waals surface area contributed by atoms with E-state index in [4.69, 9.17) is 0 Å². The van der Waals surface area contributed by atoms with Gasteiger partial charge in [-0.1, -0.05) is 0 Å². The minimum Gasteiger partial charge on any atom is -0.477 e. The lowest BCUT2D eigenvalue weighted by atomic mass is 10.1. The Labute approximate surface area is 157 Å². The average molecular weight is 397 g/mol. The molecule has 10 heteroatoms. The average Bonchev–Trinajstić information content (AvgIpc) is 2.67. The summed E-state index contributed by atoms with van der Waals surface area (Å²) in [4.78, 5) is 37.7. The van der Waals surface area contributed by atoms with Crippen LogP contribution >= 0.6 is 0 Å². The number of halogens is 3. The number of amides is 1. The van der Waals surface area contributed by atoms with Crippen LogP contribution in [0, 0.1) is 5.82 Å². The standard InChI is InChI=1S/C18H18F3N3O4/c1-2-22-9-11(18(27)28)15(25)10-7-12(19)14(8-13(10)22)23-3-5-24(6-4-23)17(26)16(20)21/h7-9,16H,2-6H2,1H3,(H,27,28). The highest BCUT2D eigenvalue weighted by molar-refractivity contribution is 5.93. The van der Waals surface area contributed by atoms with Crippen LogP contribution in [0.2, 0.25) is 0 Å². The molecule has 3 rings (SSSR count). The van der Waals surface area contributed by atoms with E-state index in [1.807, 2.05) is 0 Å². The summed E-state index contributed by atoms with van der Waals surface area (Å²) in [5.74, 6) is -3.36. The Morgan fingerprint density at radius 2 is 1.82 bits per heavy atom. The molecule has 1 fully saturated rings. The molecule has 0 unspecified atom stereocenters. The fourth-order valence-electron chi connectivity index (χ4n) is 3.36. The van der Waals surface area contributed by atoms with Crippen LogP contribution in [0.4, 0.5) is 18.9 Å². The highest BCUT2D eigenvalue weighted by Crippen LogP contribution is 2.26. The molecule has 1 aromatic heterocycles. The number of aromatic nitrogens is 1. The zero-order valence-corrected chi connectivity index (χ0v) is 15.0. The van der Waals surface area contributed by atoms with E-state index in [2.05, 4.69) is 0 Å². The van der Waals surface area contributed by atoms with E-state index in [0.717, 1.165) is 11.0 Å². The molecule has 1 saturated heterocycles. The maximum atomic E-state index is 14.7. The summed E-state index contributed by atoms with van der Waals surface area (Å²) >= 11 is 0. The number of pyridine rings is 1. The van der Waals surface area contributed by atoms with Crippen LogP contribution in [0.1, 0.15) is 17.3 Å². The number of nitrogens with zero attached hydrogens (tertiary/aromatic N) is 3. The van der Waals surface area contributed by atoms with Gasteiger partial charge in [-0.3, -0.25) is 9.59 Å². The van der Waals surface area contributed by atoms with Gasteiger partial charge in [0.05, 0.1) is 11.2 Å². The van der Waals surface area contributed by atoms with E-state index in [1.165, 1.54) is 12.3 Å². The number of alkyl halides is 2. The highest BCUT2D eigenvalue weighted by Gasteiger charge is 2.28. The van der Waals surface area contributed by atoms with Gasteiger partial charge in [0.25, 0.3) is 5.91 Å². The van der Waals surface area contributed by atoms with Crippen molar-refractivity contribution in [3.63, 3.8) is 0 Å². The van der Waals surface area contributed by atoms with Gasteiger partial charge >= 0.3 is 12.4 Å². The van der Waals surface area contributed by atoms with Crippen LogP contribution in [-0.4, -0.2) is 59.1 Å². The minimum atomic E-state index is -3.08. The normalized spacial score (nSPS) is 14.8. The molecule has 28 heavy (non-hydrogen) atoms. The van der Waals surface area contributed by atoms with Gasteiger partial charge in [-0.25, -0.2) is 9.18 Å². The number of anilines is 1. The molecule has 0 saturated carbocycles. The molecule has 1 aliphatic rings. The first-order valence-corrected chi connectivity index (χ1v) is 8.66. The van der Waals surface area contributed by atoms with Crippen LogP contribution in [0.5, 0.6) is 0 Å². The van der Waals surface area contributed by atoms with E-state index >= 15 is 0 Å². The number of piperazine rings is 1. The summed E-state index contributed by atoms with van der Waals surface area (Å²) in [7, 11) is 0. The summed E-state index contributed by atoms with van der Waals surface area (Å²) in [6.45, 7) is 2.49. The first-order valence-electron chi connectivity index (χ1n) is 8.66. The number of fused-ring (bicyclic) bond motifs is 1. The second-order valence-electron chi connectivity index (χ2n) is 6.40. The van der Waals surface area contributed by atoms with Gasteiger partial charge in [0.1, 0.15) is 11.4 Å². The molecule has 1 N–H and O–H groups in total. The number of carboxylic acid groups (broad SMARTS) is 1. The fraction of sp³-hybridized carbons (Fsp3) is 0.389. The van der Waals surface area contributed by atoms with E-state index in [1.54, 1.807) is 16.4 Å². The lowest BCUT2D eigenvalue weighted by molar-refractivity contribution is -0.143. The van der Waals surface area contributed by atoms with Crippen LogP contribution < -0.4 is 10.3 Å². The Hall–Kier alpha value is -3.04. The van der Waals surface area contributed by atoms with Gasteiger partial charge in [-0.15, -0.1) is 0 Å². The van der Waals surface area contributed by atoms with Crippen molar-refractivity contribution in [1.29, 1.82) is 0 Å². The van der Waals surface area contributed by atoms with Crippen molar-refractivity contribution in [1.82, 2.24) is 9.47 Å². The number of hydrogen-bond acceptors (Lipinski definition) is 4. The zero-order chi connectivity index (χ0) is 20.6. The van der Waals surface area contributed by atoms with Gasteiger partial charge in [-0.2, -0.15) is 8.78 Å². The number of rotatable bonds is 4. The van der Waals surface area contributed by atoms with Gasteiger partial charge in [0.2, 0.25) is 5.43 Å². The number of aryl methyl sites for hydroxylation is 1. The highest BCUT2D eigenvalue weighted by atomic mass is 19.3. The molecule has 0 spiro atoms. The summed E-state index contributed by atoms with van der Waals surface area (Å²) in [5, 5.41) is 9.13. The van der Waals surface area contributed by atoms with Crippen LogP contribution in [0.25, 0.3) is 10.9 Å². The smallest absolute Gasteiger partial charge is 0.341 e. The lowest BCUT2D eigenvalue weighted by Crippen LogP contribution is -2.50.